The Morgan fingerprint density at radius 3 is 3.06 bits per heavy atom. The molecule has 1 saturated heterocycles. The van der Waals surface area contributed by atoms with Crippen LogP contribution in [0.25, 0.3) is 0 Å². The van der Waals surface area contributed by atoms with Gasteiger partial charge >= 0.3 is 0 Å². The molecule has 1 aromatic carbocycles. The lowest BCUT2D eigenvalue weighted by Crippen LogP contribution is -2.20. The summed E-state index contributed by atoms with van der Waals surface area (Å²) in [5, 5.41) is 19.7. The molecule has 1 N–H and O–H groups in total. The van der Waals surface area contributed by atoms with Crippen molar-refractivity contribution in [3.8, 4) is 6.07 Å². The minimum Gasteiger partial charge on any atom is -0.761 e. The van der Waals surface area contributed by atoms with Gasteiger partial charge in [0.1, 0.15) is 6.04 Å². The Balaban J connectivity index is 2.11. The van der Waals surface area contributed by atoms with E-state index in [0.717, 1.165) is 24.3 Å². The van der Waals surface area contributed by atoms with Crippen LogP contribution in [0, 0.1) is 16.5 Å². The molecule has 0 aromatic heterocycles. The summed E-state index contributed by atoms with van der Waals surface area (Å²) >= 11 is 1.48. The van der Waals surface area contributed by atoms with Gasteiger partial charge in [0, 0.05) is 17.1 Å². The highest BCUT2D eigenvalue weighted by molar-refractivity contribution is 7.97. The van der Waals surface area contributed by atoms with Gasteiger partial charge in [-0.05, 0) is 36.9 Å². The molecule has 0 amide bonds. The Kier molecular flexibility index (Phi) is 3.67. The smallest absolute Gasteiger partial charge is 0.107 e. The van der Waals surface area contributed by atoms with E-state index in [1.54, 1.807) is 6.07 Å². The van der Waals surface area contributed by atoms with Gasteiger partial charge < -0.3 is 10.7 Å². The van der Waals surface area contributed by atoms with Crippen LogP contribution in [0.4, 0.5) is 5.69 Å². The first kappa shape index (κ1) is 11.3. The molecule has 1 heterocycles. The fourth-order valence-corrected chi connectivity index (χ4v) is 2.84. The maximum atomic E-state index is 10.7. The zero-order valence-corrected chi connectivity index (χ0v) is 9.54. The van der Waals surface area contributed by atoms with Gasteiger partial charge in [0.05, 0.1) is 6.07 Å². The van der Waals surface area contributed by atoms with E-state index in [1.165, 1.54) is 11.9 Å². The van der Waals surface area contributed by atoms with Gasteiger partial charge in [-0.25, -0.2) is 4.31 Å². The van der Waals surface area contributed by atoms with Gasteiger partial charge in [0.25, 0.3) is 0 Å². The van der Waals surface area contributed by atoms with Crippen LogP contribution in [0.15, 0.2) is 29.2 Å². The molecule has 16 heavy (non-hydrogen) atoms. The van der Waals surface area contributed by atoms with Crippen molar-refractivity contribution in [3.63, 3.8) is 0 Å². The van der Waals surface area contributed by atoms with Gasteiger partial charge in [-0.1, -0.05) is 12.1 Å². The minimum atomic E-state index is -0.0373. The average Bonchev–Trinajstić information content (AvgIpc) is 2.77. The van der Waals surface area contributed by atoms with Gasteiger partial charge in [-0.3, -0.25) is 0 Å². The van der Waals surface area contributed by atoms with E-state index in [0.29, 0.717) is 5.69 Å². The second kappa shape index (κ2) is 5.21. The number of nitrogens with zero attached hydrogens (tertiary/aromatic N) is 2. The highest BCUT2D eigenvalue weighted by atomic mass is 32.2. The molecular weight excluding hydrogens is 222 g/mol. The van der Waals surface area contributed by atoms with Crippen LogP contribution in [-0.4, -0.2) is 16.9 Å². The number of nitriles is 1. The molecule has 0 saturated carbocycles. The van der Waals surface area contributed by atoms with Crippen LogP contribution in [0.2, 0.25) is 0 Å². The van der Waals surface area contributed by atoms with Gasteiger partial charge in [-0.2, -0.15) is 5.26 Å². The fourth-order valence-electron chi connectivity index (χ4n) is 1.74. The number of benzene rings is 1. The van der Waals surface area contributed by atoms with E-state index in [9.17, 15) is 5.21 Å². The molecule has 5 heteroatoms. The largest absolute Gasteiger partial charge is 0.761 e. The summed E-state index contributed by atoms with van der Waals surface area (Å²) in [6, 6.07) is 9.58. The van der Waals surface area contributed by atoms with Crippen molar-refractivity contribution >= 4 is 17.6 Å². The third-order valence-electron chi connectivity index (χ3n) is 2.57. The van der Waals surface area contributed by atoms with Gasteiger partial charge in [-0.15, -0.1) is 0 Å². The number of nitrogens with one attached hydrogen (secondary N) is 1. The van der Waals surface area contributed by atoms with Gasteiger partial charge in [0.15, 0.2) is 0 Å². The fraction of sp³-hybridized carbons (Fsp3) is 0.364. The maximum Gasteiger partial charge on any atom is 0.107 e. The number of hydrogen-bond acceptors (Lipinski definition) is 5. The first-order chi connectivity index (χ1) is 7.85. The molecule has 1 aromatic rings. The van der Waals surface area contributed by atoms with E-state index in [4.69, 9.17) is 5.26 Å². The summed E-state index contributed by atoms with van der Waals surface area (Å²) in [5.41, 5.74) is 2.49. The van der Waals surface area contributed by atoms with E-state index in [-0.39, 0.29) is 6.04 Å². The lowest BCUT2D eigenvalue weighted by atomic mass is 10.2. The van der Waals surface area contributed by atoms with Crippen molar-refractivity contribution in [2.75, 3.05) is 12.0 Å². The molecule has 0 spiro atoms. The maximum absolute atomic E-state index is 10.7. The molecular formula is C11H12N3OS-. The van der Waals surface area contributed by atoms with Crippen molar-refractivity contribution in [2.45, 2.75) is 23.8 Å². The highest BCUT2D eigenvalue weighted by Gasteiger charge is 2.25. The van der Waals surface area contributed by atoms with Crippen LogP contribution in [0.3, 0.4) is 0 Å². The number of hydrogen-bond donors (Lipinski definition) is 1. The number of para-hydroxylation sites is 1. The monoisotopic (exact) mass is 234 g/mol. The Bertz CT molecular complexity index is 404. The predicted octanol–water partition coefficient (Wildman–Crippen LogP) is 2.59. The Labute approximate surface area is 99.0 Å². The molecule has 4 nitrogen and oxygen atoms in total. The van der Waals surface area contributed by atoms with Crippen LogP contribution in [0.1, 0.15) is 12.8 Å². The van der Waals surface area contributed by atoms with E-state index < -0.39 is 0 Å². The molecule has 1 fully saturated rings. The molecule has 0 radical (unpaired) electrons. The van der Waals surface area contributed by atoms with Crippen molar-refractivity contribution < 1.29 is 0 Å². The summed E-state index contributed by atoms with van der Waals surface area (Å²) in [6.45, 7) is 0.899. The standard InChI is InChI=1S/C11H12N3OS/c12-8-9-4-3-7-14(9)16-11-6-2-1-5-10(11)13-15/h1-2,5-6,9,13H,3-4,7H2/q-1/t9-/m0/s1. The summed E-state index contributed by atoms with van der Waals surface area (Å²) < 4.78 is 2.04. The molecule has 1 aliphatic heterocycles. The quantitative estimate of drug-likeness (QED) is 0.643. The van der Waals surface area contributed by atoms with Crippen LogP contribution in [-0.2, 0) is 0 Å². The van der Waals surface area contributed by atoms with E-state index >= 15 is 0 Å². The summed E-state index contributed by atoms with van der Waals surface area (Å²) in [5.74, 6) is 0. The summed E-state index contributed by atoms with van der Waals surface area (Å²) in [4.78, 5) is 0.875. The van der Waals surface area contributed by atoms with E-state index in [1.807, 2.05) is 28.0 Å². The second-order valence-corrected chi connectivity index (χ2v) is 4.71. The summed E-state index contributed by atoms with van der Waals surface area (Å²) in [7, 11) is 0. The summed E-state index contributed by atoms with van der Waals surface area (Å²) in [6.07, 6.45) is 1.95. The lowest BCUT2D eigenvalue weighted by molar-refractivity contribution is 0.513. The van der Waals surface area contributed by atoms with Crippen molar-refractivity contribution in [1.82, 2.24) is 4.31 Å². The first-order valence-electron chi connectivity index (χ1n) is 5.16. The molecule has 1 aliphatic rings. The first-order valence-corrected chi connectivity index (χ1v) is 5.94. The SMILES string of the molecule is N#C[C@@H]1CCCN1Sc1ccccc1N[O-]. The Morgan fingerprint density at radius 1 is 1.50 bits per heavy atom. The van der Waals surface area contributed by atoms with Crippen LogP contribution in [0.5, 0.6) is 0 Å². The molecule has 0 unspecified atom stereocenters. The van der Waals surface area contributed by atoms with Crippen molar-refractivity contribution in [2.24, 2.45) is 0 Å². The highest BCUT2D eigenvalue weighted by Crippen LogP contribution is 2.34. The molecule has 0 bridgehead atoms. The van der Waals surface area contributed by atoms with Crippen molar-refractivity contribution in [1.29, 1.82) is 5.26 Å². The third-order valence-corrected chi connectivity index (χ3v) is 3.79. The molecule has 2 rings (SSSR count). The number of rotatable bonds is 3. The minimum absolute atomic E-state index is 0.0373. The Morgan fingerprint density at radius 2 is 2.31 bits per heavy atom. The molecule has 84 valence electrons. The van der Waals surface area contributed by atoms with Crippen LogP contribution >= 0.6 is 11.9 Å². The van der Waals surface area contributed by atoms with Crippen LogP contribution < -0.4 is 5.48 Å². The molecule has 0 aliphatic carbocycles. The second-order valence-electron chi connectivity index (χ2n) is 3.62. The average molecular weight is 234 g/mol. The molecule has 1 atom stereocenters. The van der Waals surface area contributed by atoms with E-state index in [2.05, 4.69) is 6.07 Å². The van der Waals surface area contributed by atoms with Crippen molar-refractivity contribution in [3.05, 3.63) is 29.5 Å². The third kappa shape index (κ3) is 2.30. The predicted molar refractivity (Wildman–Crippen MR) is 64.6 cm³/mol. The number of anilines is 1. The normalized spacial score (nSPS) is 20.6. The lowest BCUT2D eigenvalue weighted by Gasteiger charge is -2.21. The van der Waals surface area contributed by atoms with Gasteiger partial charge in [0.2, 0.25) is 0 Å². The topological polar surface area (TPSA) is 62.1 Å². The zero-order chi connectivity index (χ0) is 11.4. The Hall–Kier alpha value is -1.22. The zero-order valence-electron chi connectivity index (χ0n) is 8.72.